The standard InChI is InChI=1S/C13H21N3O/c1-9-4-6-16(11(7-9)8-14)13(17)12-3-5-15-10(12)2/h3,5,9,11,15H,4,6-8,14H2,1-2H3. The largest absolute Gasteiger partial charge is 0.365 e. The van der Waals surface area contributed by atoms with E-state index in [0.29, 0.717) is 12.5 Å². The van der Waals surface area contributed by atoms with Crippen LogP contribution in [0, 0.1) is 12.8 Å². The number of rotatable bonds is 2. The van der Waals surface area contributed by atoms with Gasteiger partial charge in [0.2, 0.25) is 0 Å². The van der Waals surface area contributed by atoms with Crippen LogP contribution < -0.4 is 5.73 Å². The van der Waals surface area contributed by atoms with Crippen molar-refractivity contribution in [1.29, 1.82) is 0 Å². The van der Waals surface area contributed by atoms with Gasteiger partial charge in [-0.3, -0.25) is 4.79 Å². The second-order valence-corrected chi connectivity index (χ2v) is 5.03. The van der Waals surface area contributed by atoms with E-state index in [1.807, 2.05) is 24.1 Å². The van der Waals surface area contributed by atoms with E-state index in [4.69, 9.17) is 5.73 Å². The summed E-state index contributed by atoms with van der Waals surface area (Å²) in [5.41, 5.74) is 7.49. The highest BCUT2D eigenvalue weighted by Crippen LogP contribution is 2.24. The third-order valence-corrected chi connectivity index (χ3v) is 3.70. The first kappa shape index (κ1) is 12.2. The van der Waals surface area contributed by atoms with Gasteiger partial charge >= 0.3 is 0 Å². The summed E-state index contributed by atoms with van der Waals surface area (Å²) < 4.78 is 0. The van der Waals surface area contributed by atoms with E-state index in [1.165, 1.54) is 0 Å². The summed E-state index contributed by atoms with van der Waals surface area (Å²) in [4.78, 5) is 17.4. The van der Waals surface area contributed by atoms with Crippen molar-refractivity contribution in [2.24, 2.45) is 11.7 Å². The van der Waals surface area contributed by atoms with Crippen molar-refractivity contribution >= 4 is 5.91 Å². The number of nitrogens with two attached hydrogens (primary N) is 1. The smallest absolute Gasteiger partial charge is 0.255 e. The van der Waals surface area contributed by atoms with Crippen LogP contribution in [0.4, 0.5) is 0 Å². The zero-order chi connectivity index (χ0) is 12.4. The molecule has 0 spiro atoms. The maximum Gasteiger partial charge on any atom is 0.255 e. The molecule has 94 valence electrons. The number of carbonyl (C=O) groups is 1. The second-order valence-electron chi connectivity index (χ2n) is 5.03. The van der Waals surface area contributed by atoms with Crippen molar-refractivity contribution in [2.75, 3.05) is 13.1 Å². The highest BCUT2D eigenvalue weighted by Gasteiger charge is 2.30. The van der Waals surface area contributed by atoms with Gasteiger partial charge in [-0.15, -0.1) is 0 Å². The zero-order valence-corrected chi connectivity index (χ0v) is 10.6. The highest BCUT2D eigenvalue weighted by atomic mass is 16.2. The van der Waals surface area contributed by atoms with Crippen molar-refractivity contribution in [3.8, 4) is 0 Å². The third kappa shape index (κ3) is 2.36. The number of aromatic nitrogens is 1. The molecule has 2 heterocycles. The maximum absolute atomic E-state index is 12.4. The number of aryl methyl sites for hydroxylation is 1. The summed E-state index contributed by atoms with van der Waals surface area (Å²) in [5, 5.41) is 0. The molecule has 0 aliphatic carbocycles. The molecule has 2 unspecified atom stereocenters. The van der Waals surface area contributed by atoms with Gasteiger partial charge in [0.05, 0.1) is 5.56 Å². The van der Waals surface area contributed by atoms with Crippen LogP contribution >= 0.6 is 0 Å². The van der Waals surface area contributed by atoms with Crippen molar-refractivity contribution in [1.82, 2.24) is 9.88 Å². The van der Waals surface area contributed by atoms with Gasteiger partial charge in [-0.1, -0.05) is 6.92 Å². The van der Waals surface area contributed by atoms with Gasteiger partial charge in [0.25, 0.3) is 5.91 Å². The number of amides is 1. The van der Waals surface area contributed by atoms with Crippen LogP contribution in [0.3, 0.4) is 0 Å². The lowest BCUT2D eigenvalue weighted by Gasteiger charge is -2.38. The molecule has 2 rings (SSSR count). The molecule has 4 nitrogen and oxygen atoms in total. The molecule has 1 aromatic heterocycles. The number of nitrogens with zero attached hydrogens (tertiary/aromatic N) is 1. The van der Waals surface area contributed by atoms with E-state index in [2.05, 4.69) is 11.9 Å². The number of aromatic amines is 1. The molecule has 1 amide bonds. The Kier molecular flexibility index (Phi) is 3.52. The average Bonchev–Trinajstić information content (AvgIpc) is 2.74. The Morgan fingerprint density at radius 1 is 1.65 bits per heavy atom. The Morgan fingerprint density at radius 2 is 2.41 bits per heavy atom. The van der Waals surface area contributed by atoms with E-state index in [0.717, 1.165) is 30.6 Å². The lowest BCUT2D eigenvalue weighted by atomic mass is 9.92. The molecule has 0 saturated carbocycles. The van der Waals surface area contributed by atoms with Crippen LogP contribution in [-0.4, -0.2) is 34.9 Å². The highest BCUT2D eigenvalue weighted by molar-refractivity contribution is 5.95. The number of H-pyrrole nitrogens is 1. The fraction of sp³-hybridized carbons (Fsp3) is 0.615. The molecule has 1 saturated heterocycles. The van der Waals surface area contributed by atoms with Crippen molar-refractivity contribution in [2.45, 2.75) is 32.7 Å². The number of likely N-dealkylation sites (tertiary alicyclic amines) is 1. The number of carbonyl (C=O) groups excluding carboxylic acids is 1. The number of hydrogen-bond acceptors (Lipinski definition) is 2. The van der Waals surface area contributed by atoms with E-state index < -0.39 is 0 Å². The molecule has 4 heteroatoms. The normalized spacial score (nSPS) is 25.0. The first-order valence-electron chi connectivity index (χ1n) is 6.28. The lowest BCUT2D eigenvalue weighted by Crippen LogP contribution is -2.49. The Morgan fingerprint density at radius 3 is 3.00 bits per heavy atom. The molecule has 2 atom stereocenters. The minimum absolute atomic E-state index is 0.117. The van der Waals surface area contributed by atoms with Gasteiger partial charge in [-0.25, -0.2) is 0 Å². The van der Waals surface area contributed by atoms with E-state index in [9.17, 15) is 4.79 Å². The summed E-state index contributed by atoms with van der Waals surface area (Å²) in [7, 11) is 0. The van der Waals surface area contributed by atoms with Gasteiger partial charge in [0.15, 0.2) is 0 Å². The second kappa shape index (κ2) is 4.92. The van der Waals surface area contributed by atoms with Crippen LogP contribution in [0.15, 0.2) is 12.3 Å². The molecular weight excluding hydrogens is 214 g/mol. The van der Waals surface area contributed by atoms with Gasteiger partial charge in [0.1, 0.15) is 0 Å². The minimum atomic E-state index is 0.117. The van der Waals surface area contributed by atoms with Crippen LogP contribution in [0.1, 0.15) is 35.8 Å². The number of hydrogen-bond donors (Lipinski definition) is 2. The summed E-state index contributed by atoms with van der Waals surface area (Å²) in [6.45, 7) is 5.54. The number of piperidine rings is 1. The molecule has 1 aromatic rings. The Labute approximate surface area is 102 Å². The molecular formula is C13H21N3O. The van der Waals surface area contributed by atoms with Crippen molar-refractivity contribution in [3.05, 3.63) is 23.5 Å². The minimum Gasteiger partial charge on any atom is -0.365 e. The van der Waals surface area contributed by atoms with Gasteiger partial charge in [-0.05, 0) is 31.7 Å². The summed E-state index contributed by atoms with van der Waals surface area (Å²) in [5.74, 6) is 0.783. The molecule has 17 heavy (non-hydrogen) atoms. The summed E-state index contributed by atoms with van der Waals surface area (Å²) in [6.07, 6.45) is 3.91. The fourth-order valence-corrected chi connectivity index (χ4v) is 2.58. The first-order chi connectivity index (χ1) is 8.13. The molecule has 1 aliphatic heterocycles. The molecule has 3 N–H and O–H groups in total. The predicted molar refractivity (Wildman–Crippen MR) is 67.8 cm³/mol. The summed E-state index contributed by atoms with van der Waals surface area (Å²) >= 11 is 0. The molecule has 0 radical (unpaired) electrons. The van der Waals surface area contributed by atoms with Crippen LogP contribution in [-0.2, 0) is 0 Å². The average molecular weight is 235 g/mol. The molecule has 0 aromatic carbocycles. The monoisotopic (exact) mass is 235 g/mol. The zero-order valence-electron chi connectivity index (χ0n) is 10.6. The SMILES string of the molecule is Cc1[nH]ccc1C(=O)N1CCC(C)CC1CN. The van der Waals surface area contributed by atoms with Crippen molar-refractivity contribution < 1.29 is 4.79 Å². The van der Waals surface area contributed by atoms with E-state index in [1.54, 1.807) is 0 Å². The number of nitrogens with one attached hydrogen (secondary N) is 1. The molecule has 1 fully saturated rings. The topological polar surface area (TPSA) is 62.1 Å². The Balaban J connectivity index is 2.16. The van der Waals surface area contributed by atoms with Gasteiger partial charge in [0, 0.05) is 31.0 Å². The fourth-order valence-electron chi connectivity index (χ4n) is 2.58. The van der Waals surface area contributed by atoms with E-state index >= 15 is 0 Å². The van der Waals surface area contributed by atoms with Gasteiger partial charge in [-0.2, -0.15) is 0 Å². The molecule has 1 aliphatic rings. The lowest BCUT2D eigenvalue weighted by molar-refractivity contribution is 0.0573. The van der Waals surface area contributed by atoms with Crippen LogP contribution in [0.2, 0.25) is 0 Å². The third-order valence-electron chi connectivity index (χ3n) is 3.70. The van der Waals surface area contributed by atoms with Gasteiger partial charge < -0.3 is 15.6 Å². The first-order valence-corrected chi connectivity index (χ1v) is 6.28. The van der Waals surface area contributed by atoms with Crippen LogP contribution in [0.25, 0.3) is 0 Å². The van der Waals surface area contributed by atoms with E-state index in [-0.39, 0.29) is 11.9 Å². The maximum atomic E-state index is 12.4. The Bertz CT molecular complexity index is 399. The van der Waals surface area contributed by atoms with Crippen LogP contribution in [0.5, 0.6) is 0 Å². The summed E-state index contributed by atoms with van der Waals surface area (Å²) in [6, 6.07) is 2.05. The molecule has 0 bridgehead atoms. The Hall–Kier alpha value is -1.29. The van der Waals surface area contributed by atoms with Crippen molar-refractivity contribution in [3.63, 3.8) is 0 Å². The quantitative estimate of drug-likeness (QED) is 0.816. The predicted octanol–water partition coefficient (Wildman–Crippen LogP) is 1.52.